The predicted molar refractivity (Wildman–Crippen MR) is 74.9 cm³/mol. The monoisotopic (exact) mass is 254 g/mol. The van der Waals surface area contributed by atoms with Crippen molar-refractivity contribution in [1.82, 2.24) is 0 Å². The maximum Gasteiger partial charge on any atom is 0.143 e. The highest BCUT2D eigenvalue weighted by molar-refractivity contribution is 5.66. The molecule has 0 aliphatic heterocycles. The van der Waals surface area contributed by atoms with Gasteiger partial charge in [0.2, 0.25) is 0 Å². The van der Waals surface area contributed by atoms with Crippen molar-refractivity contribution in [2.24, 2.45) is 0 Å². The summed E-state index contributed by atoms with van der Waals surface area (Å²) in [5, 5.41) is 12.0. The highest BCUT2D eigenvalue weighted by Crippen LogP contribution is 2.24. The molecular formula is C16H15FN2. The third-order valence-corrected chi connectivity index (χ3v) is 2.98. The van der Waals surface area contributed by atoms with Gasteiger partial charge in [-0.15, -0.1) is 0 Å². The van der Waals surface area contributed by atoms with Crippen molar-refractivity contribution >= 4 is 11.4 Å². The highest BCUT2D eigenvalue weighted by Gasteiger charge is 2.07. The molecule has 0 bridgehead atoms. The van der Waals surface area contributed by atoms with Crippen LogP contribution < -0.4 is 5.32 Å². The van der Waals surface area contributed by atoms with Crippen LogP contribution >= 0.6 is 0 Å². The SMILES string of the molecule is CC(C)c1ccc(Nc2cccc(F)c2C#N)cc1. The standard InChI is InChI=1S/C16H15FN2/c1-11(2)12-6-8-13(9-7-12)19-16-5-3-4-15(17)14(16)10-18/h3-9,11,19H,1-2H3. The second kappa shape index (κ2) is 5.53. The van der Waals surface area contributed by atoms with Gasteiger partial charge in [0.15, 0.2) is 0 Å². The Kier molecular flexibility index (Phi) is 3.82. The molecule has 0 aromatic heterocycles. The second-order valence-electron chi connectivity index (χ2n) is 4.68. The lowest BCUT2D eigenvalue weighted by Gasteiger charge is -2.10. The molecule has 0 atom stereocenters. The maximum atomic E-state index is 13.5. The van der Waals surface area contributed by atoms with Crippen LogP contribution in [-0.4, -0.2) is 0 Å². The normalized spacial score (nSPS) is 10.3. The minimum atomic E-state index is -0.508. The number of nitrogens with one attached hydrogen (secondary N) is 1. The lowest BCUT2D eigenvalue weighted by molar-refractivity contribution is 0.624. The van der Waals surface area contributed by atoms with E-state index in [1.165, 1.54) is 11.6 Å². The molecular weight excluding hydrogens is 239 g/mol. The Balaban J connectivity index is 2.27. The first-order valence-corrected chi connectivity index (χ1v) is 6.17. The fourth-order valence-corrected chi connectivity index (χ4v) is 1.85. The first kappa shape index (κ1) is 13.1. The molecule has 0 unspecified atom stereocenters. The first-order valence-electron chi connectivity index (χ1n) is 6.17. The molecule has 0 spiro atoms. The first-order chi connectivity index (χ1) is 9.11. The molecule has 0 radical (unpaired) electrons. The van der Waals surface area contributed by atoms with E-state index in [2.05, 4.69) is 19.2 Å². The van der Waals surface area contributed by atoms with E-state index in [0.717, 1.165) is 5.69 Å². The summed E-state index contributed by atoms with van der Waals surface area (Å²) in [5.41, 5.74) is 2.60. The lowest BCUT2D eigenvalue weighted by Crippen LogP contribution is -1.96. The van der Waals surface area contributed by atoms with Crippen LogP contribution in [0.5, 0.6) is 0 Å². The van der Waals surface area contributed by atoms with E-state index in [1.54, 1.807) is 12.1 Å². The molecule has 19 heavy (non-hydrogen) atoms. The number of hydrogen-bond acceptors (Lipinski definition) is 2. The molecule has 0 saturated carbocycles. The van der Waals surface area contributed by atoms with Crippen molar-refractivity contribution in [3.8, 4) is 6.07 Å². The van der Waals surface area contributed by atoms with E-state index < -0.39 is 5.82 Å². The van der Waals surface area contributed by atoms with Crippen molar-refractivity contribution in [2.45, 2.75) is 19.8 Å². The molecule has 0 aliphatic rings. The van der Waals surface area contributed by atoms with Gasteiger partial charge in [0, 0.05) is 5.69 Å². The topological polar surface area (TPSA) is 35.8 Å². The Morgan fingerprint density at radius 1 is 1.11 bits per heavy atom. The summed E-state index contributed by atoms with van der Waals surface area (Å²) in [5.74, 6) is -0.0378. The zero-order valence-corrected chi connectivity index (χ0v) is 10.9. The molecule has 0 aliphatic carbocycles. The van der Waals surface area contributed by atoms with Crippen LogP contribution in [0, 0.1) is 17.1 Å². The van der Waals surface area contributed by atoms with Gasteiger partial charge in [0.25, 0.3) is 0 Å². The van der Waals surface area contributed by atoms with Gasteiger partial charge in [0.05, 0.1) is 5.69 Å². The minimum absolute atomic E-state index is 0.0374. The lowest BCUT2D eigenvalue weighted by atomic mass is 10.0. The molecule has 1 N–H and O–H groups in total. The van der Waals surface area contributed by atoms with Gasteiger partial charge in [-0.05, 0) is 35.7 Å². The number of halogens is 1. The molecule has 2 nitrogen and oxygen atoms in total. The Labute approximate surface area is 112 Å². The van der Waals surface area contributed by atoms with Crippen LogP contribution in [-0.2, 0) is 0 Å². The maximum absolute atomic E-state index is 13.5. The minimum Gasteiger partial charge on any atom is -0.354 e. The largest absolute Gasteiger partial charge is 0.354 e. The summed E-state index contributed by atoms with van der Waals surface area (Å²) in [7, 11) is 0. The smallest absolute Gasteiger partial charge is 0.143 e. The number of anilines is 2. The average molecular weight is 254 g/mol. The van der Waals surface area contributed by atoms with Crippen molar-refractivity contribution in [2.75, 3.05) is 5.32 Å². The van der Waals surface area contributed by atoms with Crippen molar-refractivity contribution in [1.29, 1.82) is 5.26 Å². The number of rotatable bonds is 3. The number of nitriles is 1. The van der Waals surface area contributed by atoms with Gasteiger partial charge < -0.3 is 5.32 Å². The Hall–Kier alpha value is -2.34. The highest BCUT2D eigenvalue weighted by atomic mass is 19.1. The molecule has 0 saturated heterocycles. The van der Waals surface area contributed by atoms with Gasteiger partial charge in [-0.3, -0.25) is 0 Å². The number of benzene rings is 2. The van der Waals surface area contributed by atoms with Gasteiger partial charge in [-0.1, -0.05) is 32.0 Å². The van der Waals surface area contributed by atoms with Gasteiger partial charge in [-0.2, -0.15) is 5.26 Å². The molecule has 2 aromatic rings. The summed E-state index contributed by atoms with van der Waals surface area (Å²) in [6, 6.07) is 14.4. The zero-order valence-electron chi connectivity index (χ0n) is 10.9. The van der Waals surface area contributed by atoms with Crippen molar-refractivity contribution in [3.63, 3.8) is 0 Å². The molecule has 0 amide bonds. The molecule has 96 valence electrons. The molecule has 0 heterocycles. The summed E-state index contributed by atoms with van der Waals surface area (Å²) < 4.78 is 13.5. The Bertz CT molecular complexity index is 610. The van der Waals surface area contributed by atoms with Crippen LogP contribution in [0.3, 0.4) is 0 Å². The molecule has 2 rings (SSSR count). The van der Waals surface area contributed by atoms with Crippen molar-refractivity contribution in [3.05, 3.63) is 59.4 Å². The third kappa shape index (κ3) is 2.92. The number of nitrogens with zero attached hydrogens (tertiary/aromatic N) is 1. The van der Waals surface area contributed by atoms with Gasteiger partial charge >= 0.3 is 0 Å². The van der Waals surface area contributed by atoms with Gasteiger partial charge in [-0.25, -0.2) is 4.39 Å². The average Bonchev–Trinajstić information content (AvgIpc) is 2.39. The van der Waals surface area contributed by atoms with Crippen LogP contribution in [0.4, 0.5) is 15.8 Å². The summed E-state index contributed by atoms with van der Waals surface area (Å²) in [6.07, 6.45) is 0. The predicted octanol–water partition coefficient (Wildman–Crippen LogP) is 4.56. The molecule has 3 heteroatoms. The van der Waals surface area contributed by atoms with Crippen LogP contribution in [0.15, 0.2) is 42.5 Å². The summed E-state index contributed by atoms with van der Waals surface area (Å²) in [6.45, 7) is 4.26. The second-order valence-corrected chi connectivity index (χ2v) is 4.68. The fourth-order valence-electron chi connectivity index (χ4n) is 1.85. The summed E-state index contributed by atoms with van der Waals surface area (Å²) >= 11 is 0. The third-order valence-electron chi connectivity index (χ3n) is 2.98. The quantitative estimate of drug-likeness (QED) is 0.871. The van der Waals surface area contributed by atoms with E-state index in [9.17, 15) is 4.39 Å². The van der Waals surface area contributed by atoms with E-state index in [1.807, 2.05) is 30.3 Å². The van der Waals surface area contributed by atoms with Crippen LogP contribution in [0.1, 0.15) is 30.9 Å². The summed E-state index contributed by atoms with van der Waals surface area (Å²) in [4.78, 5) is 0. The van der Waals surface area contributed by atoms with E-state index in [0.29, 0.717) is 11.6 Å². The zero-order chi connectivity index (χ0) is 13.8. The van der Waals surface area contributed by atoms with Crippen LogP contribution in [0.25, 0.3) is 0 Å². The molecule has 2 aromatic carbocycles. The van der Waals surface area contributed by atoms with E-state index in [-0.39, 0.29) is 5.56 Å². The molecule has 0 fully saturated rings. The van der Waals surface area contributed by atoms with Crippen molar-refractivity contribution < 1.29 is 4.39 Å². The van der Waals surface area contributed by atoms with E-state index >= 15 is 0 Å². The Morgan fingerprint density at radius 3 is 2.37 bits per heavy atom. The fraction of sp³-hybridized carbons (Fsp3) is 0.188. The Morgan fingerprint density at radius 2 is 1.79 bits per heavy atom. The number of hydrogen-bond donors (Lipinski definition) is 1. The van der Waals surface area contributed by atoms with Gasteiger partial charge in [0.1, 0.15) is 17.4 Å². The van der Waals surface area contributed by atoms with E-state index in [4.69, 9.17) is 5.26 Å². The van der Waals surface area contributed by atoms with Crippen LogP contribution in [0.2, 0.25) is 0 Å².